The van der Waals surface area contributed by atoms with Crippen LogP contribution in [0.25, 0.3) is 0 Å². The van der Waals surface area contributed by atoms with Gasteiger partial charge in [0.15, 0.2) is 6.61 Å². The lowest BCUT2D eigenvalue weighted by molar-refractivity contribution is -0.192. The number of hydrogen-bond donors (Lipinski definition) is 4. The lowest BCUT2D eigenvalue weighted by Gasteiger charge is -2.40. The number of nitrogens with two attached hydrogens (primary N) is 1. The van der Waals surface area contributed by atoms with Crippen molar-refractivity contribution in [3.63, 3.8) is 0 Å². The van der Waals surface area contributed by atoms with Crippen LogP contribution < -0.4 is 25.8 Å². The number of aliphatic hydroxyl groups is 1. The third-order valence-corrected chi connectivity index (χ3v) is 8.36. The fourth-order valence-electron chi connectivity index (χ4n) is 5.51. The Morgan fingerprint density at radius 2 is 1.47 bits per heavy atom. The van der Waals surface area contributed by atoms with E-state index in [0.29, 0.717) is 11.5 Å². The number of nitrogens with one attached hydrogen (secondary N) is 2. The summed E-state index contributed by atoms with van der Waals surface area (Å²) in [7, 11) is 0. The van der Waals surface area contributed by atoms with E-state index in [-0.39, 0.29) is 51.3 Å². The Kier molecular flexibility index (Phi) is 14.8. The number of rotatable bonds is 16. The van der Waals surface area contributed by atoms with Gasteiger partial charge < -0.3 is 45.3 Å². The zero-order valence-corrected chi connectivity index (χ0v) is 29.6. The molecule has 3 unspecified atom stereocenters. The summed E-state index contributed by atoms with van der Waals surface area (Å²) in [5, 5.41) is 14.8. The monoisotopic (exact) mass is 712 g/mol. The number of likely N-dealkylation sites (tertiary alicyclic amines) is 1. The standard InChI is InChI=1S/C36H48N4O11/c1-22(2)19-27(38-30(42)21-48-29-14-10-9-11-23(29)3)31(43)39-28(33(45)50-25(5)49-32(44)24(4)41)20-36(34(37)46)15-17-40(18-16-36)35(47)51-26-12-7-6-8-13-26/h6-14,22,24-25,27-28,41H,15-21H2,1-5H3,(H2,37,46)(H,38,42)(H,39,43)/t24?,25?,27?,28-/m0/s1. The minimum Gasteiger partial charge on any atom is -0.484 e. The number of amides is 4. The summed E-state index contributed by atoms with van der Waals surface area (Å²) < 4.78 is 21.3. The Labute approximate surface area is 297 Å². The normalized spacial score (nSPS) is 16.1. The summed E-state index contributed by atoms with van der Waals surface area (Å²) in [6.07, 6.45) is -3.68. The van der Waals surface area contributed by atoms with Gasteiger partial charge in [0.05, 0.1) is 5.41 Å². The van der Waals surface area contributed by atoms with Gasteiger partial charge in [0.1, 0.15) is 29.7 Å². The van der Waals surface area contributed by atoms with Crippen LogP contribution in [-0.4, -0.2) is 89.9 Å². The van der Waals surface area contributed by atoms with Gasteiger partial charge in [-0.3, -0.25) is 14.4 Å². The van der Waals surface area contributed by atoms with Crippen LogP contribution in [0.1, 0.15) is 58.9 Å². The van der Waals surface area contributed by atoms with E-state index in [1.807, 2.05) is 32.9 Å². The number of carbonyl (C=O) groups excluding carboxylic acids is 6. The fraction of sp³-hybridized carbons (Fsp3) is 0.500. The number of para-hydroxylation sites is 2. The molecule has 51 heavy (non-hydrogen) atoms. The van der Waals surface area contributed by atoms with E-state index in [4.69, 9.17) is 24.7 Å². The molecule has 1 aliphatic rings. The zero-order valence-electron chi connectivity index (χ0n) is 29.6. The van der Waals surface area contributed by atoms with Crippen molar-refractivity contribution < 1.29 is 52.8 Å². The first-order valence-electron chi connectivity index (χ1n) is 16.8. The van der Waals surface area contributed by atoms with E-state index in [9.17, 15) is 33.9 Å². The molecule has 0 spiro atoms. The second-order valence-corrected chi connectivity index (χ2v) is 13.0. The second-order valence-electron chi connectivity index (χ2n) is 13.0. The summed E-state index contributed by atoms with van der Waals surface area (Å²) in [5.74, 6) is -3.42. The highest BCUT2D eigenvalue weighted by Crippen LogP contribution is 2.37. The molecule has 278 valence electrons. The van der Waals surface area contributed by atoms with Gasteiger partial charge in [0, 0.05) is 20.0 Å². The topological polar surface area (TPSA) is 213 Å². The van der Waals surface area contributed by atoms with Crippen molar-refractivity contribution in [2.45, 2.75) is 84.8 Å². The number of aliphatic hydroxyl groups excluding tert-OH is 1. The van der Waals surface area contributed by atoms with Gasteiger partial charge in [-0.25, -0.2) is 14.4 Å². The second kappa shape index (κ2) is 18.7. The molecule has 0 aromatic heterocycles. The zero-order chi connectivity index (χ0) is 37.7. The number of hydrogen-bond acceptors (Lipinski definition) is 11. The molecule has 3 rings (SSSR count). The van der Waals surface area contributed by atoms with Crippen LogP contribution in [0.2, 0.25) is 0 Å². The van der Waals surface area contributed by atoms with E-state index >= 15 is 0 Å². The minimum absolute atomic E-state index is 0.0286. The Balaban J connectivity index is 1.79. The minimum atomic E-state index is -1.50. The number of primary amides is 1. The van der Waals surface area contributed by atoms with Gasteiger partial charge in [0.25, 0.3) is 5.91 Å². The van der Waals surface area contributed by atoms with Gasteiger partial charge in [-0.05, 0) is 69.2 Å². The van der Waals surface area contributed by atoms with Crippen LogP contribution in [0, 0.1) is 18.3 Å². The molecule has 1 aliphatic heterocycles. The van der Waals surface area contributed by atoms with Crippen molar-refractivity contribution in [2.24, 2.45) is 17.1 Å². The van der Waals surface area contributed by atoms with Crippen molar-refractivity contribution in [2.75, 3.05) is 19.7 Å². The van der Waals surface area contributed by atoms with Crippen LogP contribution in [0.15, 0.2) is 54.6 Å². The number of aryl methyl sites for hydroxylation is 1. The number of benzene rings is 2. The molecule has 1 fully saturated rings. The lowest BCUT2D eigenvalue weighted by Crippen LogP contribution is -2.57. The highest BCUT2D eigenvalue weighted by Gasteiger charge is 2.45. The van der Waals surface area contributed by atoms with Crippen LogP contribution in [0.5, 0.6) is 11.5 Å². The smallest absolute Gasteiger partial charge is 0.415 e. The highest BCUT2D eigenvalue weighted by atomic mass is 16.7. The van der Waals surface area contributed by atoms with Crippen molar-refractivity contribution in [1.29, 1.82) is 0 Å². The summed E-state index contributed by atoms with van der Waals surface area (Å²) in [6.45, 7) is 7.67. The number of piperidine rings is 1. The number of carbonyl (C=O) groups is 6. The first kappa shape index (κ1) is 40.3. The van der Waals surface area contributed by atoms with Crippen molar-refractivity contribution in [3.05, 3.63) is 60.2 Å². The van der Waals surface area contributed by atoms with Crippen molar-refractivity contribution in [1.82, 2.24) is 15.5 Å². The molecule has 0 radical (unpaired) electrons. The molecule has 1 heterocycles. The van der Waals surface area contributed by atoms with Crippen LogP contribution in [0.4, 0.5) is 4.79 Å². The predicted molar refractivity (Wildman–Crippen MR) is 183 cm³/mol. The number of ether oxygens (including phenoxy) is 4. The molecular formula is C36H48N4O11. The molecular weight excluding hydrogens is 664 g/mol. The van der Waals surface area contributed by atoms with Gasteiger partial charge in [-0.15, -0.1) is 0 Å². The Morgan fingerprint density at radius 1 is 0.863 bits per heavy atom. The summed E-state index contributed by atoms with van der Waals surface area (Å²) in [5.41, 5.74) is 5.35. The van der Waals surface area contributed by atoms with Crippen LogP contribution >= 0.6 is 0 Å². The van der Waals surface area contributed by atoms with E-state index in [1.54, 1.807) is 42.5 Å². The van der Waals surface area contributed by atoms with Gasteiger partial charge >= 0.3 is 18.0 Å². The molecule has 0 saturated carbocycles. The van der Waals surface area contributed by atoms with Crippen molar-refractivity contribution >= 4 is 35.8 Å². The molecule has 4 atom stereocenters. The van der Waals surface area contributed by atoms with E-state index in [2.05, 4.69) is 10.6 Å². The molecule has 4 amide bonds. The number of nitrogens with zero attached hydrogens (tertiary/aromatic N) is 1. The lowest BCUT2D eigenvalue weighted by atomic mass is 9.73. The highest BCUT2D eigenvalue weighted by molar-refractivity contribution is 5.92. The maximum absolute atomic E-state index is 13.8. The van der Waals surface area contributed by atoms with E-state index in [0.717, 1.165) is 5.56 Å². The maximum atomic E-state index is 13.8. The number of esters is 2. The summed E-state index contributed by atoms with van der Waals surface area (Å²) >= 11 is 0. The Hall–Kier alpha value is -5.18. The molecule has 15 heteroatoms. The maximum Gasteiger partial charge on any atom is 0.415 e. The van der Waals surface area contributed by atoms with Gasteiger partial charge in [0.2, 0.25) is 18.1 Å². The van der Waals surface area contributed by atoms with Crippen LogP contribution in [-0.2, 0) is 33.4 Å². The molecule has 5 N–H and O–H groups in total. The Bertz CT molecular complexity index is 1520. The van der Waals surface area contributed by atoms with Gasteiger partial charge in [-0.1, -0.05) is 50.2 Å². The van der Waals surface area contributed by atoms with Crippen molar-refractivity contribution in [3.8, 4) is 11.5 Å². The molecule has 15 nitrogen and oxygen atoms in total. The average molecular weight is 713 g/mol. The SMILES string of the molecule is Cc1ccccc1OCC(=O)NC(CC(C)C)C(=O)N[C@@H](CC1(C(N)=O)CCN(C(=O)Oc2ccccc2)CC1)C(=O)OC(C)OC(=O)C(C)O. The third kappa shape index (κ3) is 12.3. The molecule has 0 aliphatic carbocycles. The fourth-order valence-corrected chi connectivity index (χ4v) is 5.51. The predicted octanol–water partition coefficient (Wildman–Crippen LogP) is 2.36. The molecule has 2 aromatic carbocycles. The quantitative estimate of drug-likeness (QED) is 0.147. The molecule has 2 aromatic rings. The summed E-state index contributed by atoms with van der Waals surface area (Å²) in [4.78, 5) is 79.4. The van der Waals surface area contributed by atoms with Gasteiger partial charge in [-0.2, -0.15) is 0 Å². The molecule has 0 bridgehead atoms. The first-order valence-corrected chi connectivity index (χ1v) is 16.8. The first-order chi connectivity index (χ1) is 24.1. The Morgan fingerprint density at radius 3 is 2.06 bits per heavy atom. The summed E-state index contributed by atoms with van der Waals surface area (Å²) in [6, 6.07) is 13.0. The largest absolute Gasteiger partial charge is 0.484 e. The average Bonchev–Trinajstić information content (AvgIpc) is 3.07. The van der Waals surface area contributed by atoms with E-state index < -0.39 is 65.6 Å². The van der Waals surface area contributed by atoms with E-state index in [1.165, 1.54) is 18.7 Å². The van der Waals surface area contributed by atoms with Crippen LogP contribution in [0.3, 0.4) is 0 Å². The molecule has 1 saturated heterocycles. The third-order valence-electron chi connectivity index (χ3n) is 8.36.